The Balaban J connectivity index is 1.61. The summed E-state index contributed by atoms with van der Waals surface area (Å²) in [5, 5.41) is 3.76. The molecule has 3 rings (SSSR count). The molecule has 3 aliphatic rings. The number of likely N-dealkylation sites (tertiary alicyclic amines) is 1. The van der Waals surface area contributed by atoms with Crippen molar-refractivity contribution in [1.82, 2.24) is 10.2 Å². The minimum absolute atomic E-state index is 0.712. The van der Waals surface area contributed by atoms with Crippen molar-refractivity contribution in [2.75, 3.05) is 26.3 Å². The first-order valence-electron chi connectivity index (χ1n) is 6.91. The SMILES string of the molecule is CC(C1CCOC1)N1CCC2CCC(C1)N2. The number of rotatable bonds is 2. The highest BCUT2D eigenvalue weighted by Gasteiger charge is 2.34. The zero-order valence-electron chi connectivity index (χ0n) is 10.3. The fourth-order valence-electron chi connectivity index (χ4n) is 3.57. The minimum atomic E-state index is 0.712. The largest absolute Gasteiger partial charge is 0.381 e. The molecule has 16 heavy (non-hydrogen) atoms. The van der Waals surface area contributed by atoms with Gasteiger partial charge in [0, 0.05) is 31.3 Å². The van der Waals surface area contributed by atoms with Gasteiger partial charge in [0.1, 0.15) is 0 Å². The molecule has 3 nitrogen and oxygen atoms in total. The normalized spacial score (nSPS) is 42.2. The number of fused-ring (bicyclic) bond motifs is 2. The Hall–Kier alpha value is -0.120. The molecule has 4 unspecified atom stereocenters. The maximum absolute atomic E-state index is 5.52. The zero-order valence-corrected chi connectivity index (χ0v) is 10.3. The Bertz CT molecular complexity index is 240. The second-order valence-electron chi connectivity index (χ2n) is 5.79. The lowest BCUT2D eigenvalue weighted by Crippen LogP contribution is -2.43. The predicted molar refractivity (Wildman–Crippen MR) is 64.5 cm³/mol. The molecule has 0 saturated carbocycles. The maximum atomic E-state index is 5.52. The summed E-state index contributed by atoms with van der Waals surface area (Å²) in [6.45, 7) is 6.91. The van der Waals surface area contributed by atoms with Crippen LogP contribution < -0.4 is 5.32 Å². The van der Waals surface area contributed by atoms with Crippen molar-refractivity contribution in [3.05, 3.63) is 0 Å². The Morgan fingerprint density at radius 3 is 2.88 bits per heavy atom. The summed E-state index contributed by atoms with van der Waals surface area (Å²) in [5.74, 6) is 0.775. The van der Waals surface area contributed by atoms with Gasteiger partial charge in [-0.1, -0.05) is 0 Å². The lowest BCUT2D eigenvalue weighted by molar-refractivity contribution is 0.123. The van der Waals surface area contributed by atoms with Gasteiger partial charge in [-0.3, -0.25) is 4.90 Å². The van der Waals surface area contributed by atoms with E-state index in [9.17, 15) is 0 Å². The highest BCUT2D eigenvalue weighted by atomic mass is 16.5. The second kappa shape index (κ2) is 4.63. The summed E-state index contributed by atoms with van der Waals surface area (Å²) >= 11 is 0. The van der Waals surface area contributed by atoms with E-state index in [0.717, 1.165) is 31.2 Å². The van der Waals surface area contributed by atoms with E-state index < -0.39 is 0 Å². The van der Waals surface area contributed by atoms with Crippen LogP contribution in [0.15, 0.2) is 0 Å². The molecule has 1 N–H and O–H groups in total. The first-order chi connectivity index (χ1) is 7.83. The van der Waals surface area contributed by atoms with Crippen LogP contribution in [0.3, 0.4) is 0 Å². The van der Waals surface area contributed by atoms with Gasteiger partial charge in [0.05, 0.1) is 6.61 Å². The second-order valence-corrected chi connectivity index (χ2v) is 5.79. The molecule has 3 saturated heterocycles. The zero-order chi connectivity index (χ0) is 11.0. The molecule has 0 spiro atoms. The van der Waals surface area contributed by atoms with Gasteiger partial charge >= 0.3 is 0 Å². The van der Waals surface area contributed by atoms with Crippen molar-refractivity contribution in [2.45, 2.75) is 50.7 Å². The molecule has 3 fully saturated rings. The molecular weight excluding hydrogens is 200 g/mol. The van der Waals surface area contributed by atoms with Crippen LogP contribution >= 0.6 is 0 Å². The van der Waals surface area contributed by atoms with Crippen LogP contribution in [0.2, 0.25) is 0 Å². The summed E-state index contributed by atoms with van der Waals surface area (Å²) in [4.78, 5) is 2.70. The van der Waals surface area contributed by atoms with Crippen LogP contribution in [0.25, 0.3) is 0 Å². The van der Waals surface area contributed by atoms with E-state index in [4.69, 9.17) is 4.74 Å². The molecule has 3 heterocycles. The summed E-state index contributed by atoms with van der Waals surface area (Å²) in [5.41, 5.74) is 0. The predicted octanol–water partition coefficient (Wildman–Crippen LogP) is 1.24. The van der Waals surface area contributed by atoms with Crippen molar-refractivity contribution in [1.29, 1.82) is 0 Å². The molecule has 4 atom stereocenters. The molecule has 0 aromatic heterocycles. The van der Waals surface area contributed by atoms with E-state index in [1.807, 2.05) is 0 Å². The molecule has 3 aliphatic heterocycles. The summed E-state index contributed by atoms with van der Waals surface area (Å²) in [7, 11) is 0. The third-order valence-corrected chi connectivity index (χ3v) is 4.78. The van der Waals surface area contributed by atoms with Gasteiger partial charge in [-0.15, -0.1) is 0 Å². The average Bonchev–Trinajstić information content (AvgIpc) is 2.87. The quantitative estimate of drug-likeness (QED) is 0.764. The Kier molecular flexibility index (Phi) is 3.18. The first-order valence-corrected chi connectivity index (χ1v) is 6.91. The van der Waals surface area contributed by atoms with Gasteiger partial charge in [-0.2, -0.15) is 0 Å². The standard InChI is InChI=1S/C13H24N2O/c1-10(11-5-7-16-9-11)15-6-4-12-2-3-13(8-15)14-12/h10-14H,2-9H2,1H3. The van der Waals surface area contributed by atoms with E-state index in [0.29, 0.717) is 6.04 Å². The first kappa shape index (κ1) is 11.0. The maximum Gasteiger partial charge on any atom is 0.0509 e. The topological polar surface area (TPSA) is 24.5 Å². The molecular formula is C13H24N2O. The fourth-order valence-corrected chi connectivity index (χ4v) is 3.57. The number of ether oxygens (including phenoxy) is 1. The molecule has 0 aromatic carbocycles. The molecule has 0 aromatic rings. The third-order valence-electron chi connectivity index (χ3n) is 4.78. The molecule has 92 valence electrons. The highest BCUT2D eigenvalue weighted by Crippen LogP contribution is 2.26. The van der Waals surface area contributed by atoms with Gasteiger partial charge in [-0.05, 0) is 45.1 Å². The summed E-state index contributed by atoms with van der Waals surface area (Å²) in [6.07, 6.45) is 5.39. The lowest BCUT2D eigenvalue weighted by atomic mass is 9.97. The van der Waals surface area contributed by atoms with Crippen molar-refractivity contribution < 1.29 is 4.74 Å². The van der Waals surface area contributed by atoms with E-state index >= 15 is 0 Å². The van der Waals surface area contributed by atoms with Crippen LogP contribution in [-0.2, 0) is 4.74 Å². The monoisotopic (exact) mass is 224 g/mol. The van der Waals surface area contributed by atoms with E-state index in [1.54, 1.807) is 0 Å². The van der Waals surface area contributed by atoms with Crippen molar-refractivity contribution in [3.63, 3.8) is 0 Å². The van der Waals surface area contributed by atoms with Crippen LogP contribution in [0, 0.1) is 5.92 Å². The van der Waals surface area contributed by atoms with E-state index in [-0.39, 0.29) is 0 Å². The Labute approximate surface area is 98.5 Å². The van der Waals surface area contributed by atoms with Crippen LogP contribution in [0.5, 0.6) is 0 Å². The van der Waals surface area contributed by atoms with Crippen LogP contribution in [0.1, 0.15) is 32.6 Å². The molecule has 2 bridgehead atoms. The highest BCUT2D eigenvalue weighted by molar-refractivity contribution is 4.92. The fraction of sp³-hybridized carbons (Fsp3) is 1.00. The van der Waals surface area contributed by atoms with Gasteiger partial charge in [0.25, 0.3) is 0 Å². The third kappa shape index (κ3) is 2.13. The Morgan fingerprint density at radius 1 is 1.19 bits per heavy atom. The summed E-state index contributed by atoms with van der Waals surface area (Å²) < 4.78 is 5.52. The number of hydrogen-bond donors (Lipinski definition) is 1. The average molecular weight is 224 g/mol. The van der Waals surface area contributed by atoms with Crippen molar-refractivity contribution in [2.24, 2.45) is 5.92 Å². The number of nitrogens with one attached hydrogen (secondary N) is 1. The van der Waals surface area contributed by atoms with Crippen LogP contribution in [0.4, 0.5) is 0 Å². The molecule has 0 aliphatic carbocycles. The Morgan fingerprint density at radius 2 is 2.06 bits per heavy atom. The molecule has 0 amide bonds. The van der Waals surface area contributed by atoms with Crippen molar-refractivity contribution in [3.8, 4) is 0 Å². The van der Waals surface area contributed by atoms with Gasteiger partial charge in [0.2, 0.25) is 0 Å². The van der Waals surface area contributed by atoms with Gasteiger partial charge < -0.3 is 10.1 Å². The van der Waals surface area contributed by atoms with Crippen molar-refractivity contribution >= 4 is 0 Å². The molecule has 0 radical (unpaired) electrons. The van der Waals surface area contributed by atoms with Gasteiger partial charge in [0.15, 0.2) is 0 Å². The number of hydrogen-bond acceptors (Lipinski definition) is 3. The smallest absolute Gasteiger partial charge is 0.0509 e. The minimum Gasteiger partial charge on any atom is -0.381 e. The van der Waals surface area contributed by atoms with E-state index in [2.05, 4.69) is 17.1 Å². The molecule has 3 heteroatoms. The number of nitrogens with zero attached hydrogens (tertiary/aromatic N) is 1. The van der Waals surface area contributed by atoms with Crippen LogP contribution in [-0.4, -0.2) is 49.3 Å². The van der Waals surface area contributed by atoms with E-state index in [1.165, 1.54) is 38.8 Å². The summed E-state index contributed by atoms with van der Waals surface area (Å²) in [6, 6.07) is 2.28. The lowest BCUT2D eigenvalue weighted by Gasteiger charge is -2.33. The van der Waals surface area contributed by atoms with Gasteiger partial charge in [-0.25, -0.2) is 0 Å².